The Labute approximate surface area is 112 Å². The Morgan fingerprint density at radius 3 is 2.00 bits per heavy atom. The number of nitrogens with zero attached hydrogens (tertiary/aromatic N) is 1. The molecule has 106 valence electrons. The van der Waals surface area contributed by atoms with Crippen LogP contribution in [0, 0.1) is 0 Å². The predicted molar refractivity (Wildman–Crippen MR) is 73.4 cm³/mol. The third kappa shape index (κ3) is 3.69. The van der Waals surface area contributed by atoms with Crippen molar-refractivity contribution in [3.05, 3.63) is 0 Å². The lowest BCUT2D eigenvalue weighted by Gasteiger charge is -2.27. The highest BCUT2D eigenvalue weighted by Gasteiger charge is 2.45. The summed E-state index contributed by atoms with van der Waals surface area (Å²) in [7, 11) is 0. The van der Waals surface area contributed by atoms with Gasteiger partial charge in [0.05, 0.1) is 18.8 Å². The monoisotopic (exact) mass is 255 g/mol. The highest BCUT2D eigenvalue weighted by Crippen LogP contribution is 2.33. The third-order valence-corrected chi connectivity index (χ3v) is 4.40. The van der Waals surface area contributed by atoms with Gasteiger partial charge in [0.25, 0.3) is 0 Å². The normalized spacial score (nSPS) is 22.5. The largest absolute Gasteiger partial charge is 0.364 e. The highest BCUT2D eigenvalue weighted by atomic mass is 16.6. The summed E-state index contributed by atoms with van der Waals surface area (Å²) < 4.78 is 11.2. The van der Waals surface area contributed by atoms with Gasteiger partial charge >= 0.3 is 0 Å². The molecule has 2 aliphatic rings. The van der Waals surface area contributed by atoms with E-state index in [1.807, 2.05) is 0 Å². The van der Waals surface area contributed by atoms with Crippen LogP contribution in [0.25, 0.3) is 0 Å². The molecule has 0 spiro atoms. The molecular formula is C15H29NO2. The first-order chi connectivity index (χ1) is 8.87. The van der Waals surface area contributed by atoms with E-state index < -0.39 is 0 Å². The van der Waals surface area contributed by atoms with E-state index in [0.717, 1.165) is 26.7 Å². The molecule has 2 rings (SSSR count). The van der Waals surface area contributed by atoms with Crippen LogP contribution in [0.4, 0.5) is 0 Å². The summed E-state index contributed by atoms with van der Waals surface area (Å²) in [6.07, 6.45) is 12.4. The van der Waals surface area contributed by atoms with E-state index in [4.69, 9.17) is 9.47 Å². The van der Waals surface area contributed by atoms with Gasteiger partial charge in [-0.3, -0.25) is 0 Å². The van der Waals surface area contributed by atoms with E-state index in [2.05, 4.69) is 11.8 Å². The standard InChI is InChI=1S/C15H29NO2/c1-2-3-4-5-6-7-8-9-10-15-11-17-13-16(15)14-18-12-15/h2-14H2,1H3. The van der Waals surface area contributed by atoms with Gasteiger partial charge < -0.3 is 9.47 Å². The van der Waals surface area contributed by atoms with Crippen LogP contribution in [0.3, 0.4) is 0 Å². The second kappa shape index (κ2) is 7.46. The minimum Gasteiger partial charge on any atom is -0.364 e. The minimum atomic E-state index is 0.238. The Kier molecular flexibility index (Phi) is 5.93. The van der Waals surface area contributed by atoms with Gasteiger partial charge in [-0.05, 0) is 6.42 Å². The van der Waals surface area contributed by atoms with Gasteiger partial charge in [0.15, 0.2) is 0 Å². The van der Waals surface area contributed by atoms with Gasteiger partial charge in [-0.25, -0.2) is 4.90 Å². The molecule has 0 N–H and O–H groups in total. The summed E-state index contributed by atoms with van der Waals surface area (Å²) in [5.41, 5.74) is 0.238. The molecule has 2 aliphatic heterocycles. The van der Waals surface area contributed by atoms with Crippen molar-refractivity contribution in [1.82, 2.24) is 4.90 Å². The van der Waals surface area contributed by atoms with Crippen LogP contribution in [0.2, 0.25) is 0 Å². The summed E-state index contributed by atoms with van der Waals surface area (Å²) in [6.45, 7) is 5.58. The van der Waals surface area contributed by atoms with E-state index in [1.165, 1.54) is 57.8 Å². The molecule has 0 aromatic rings. The highest BCUT2D eigenvalue weighted by molar-refractivity contribution is 4.95. The summed E-state index contributed by atoms with van der Waals surface area (Å²) in [5, 5.41) is 0. The average Bonchev–Trinajstić information content (AvgIpc) is 2.92. The van der Waals surface area contributed by atoms with Crippen LogP contribution in [0.5, 0.6) is 0 Å². The van der Waals surface area contributed by atoms with E-state index in [1.54, 1.807) is 0 Å². The molecule has 0 atom stereocenters. The average molecular weight is 255 g/mol. The molecule has 3 nitrogen and oxygen atoms in total. The molecule has 0 aromatic carbocycles. The van der Waals surface area contributed by atoms with Gasteiger partial charge in [0, 0.05) is 0 Å². The molecule has 0 bridgehead atoms. The summed E-state index contributed by atoms with van der Waals surface area (Å²) >= 11 is 0. The molecule has 3 heteroatoms. The second-order valence-corrected chi connectivity index (χ2v) is 5.94. The van der Waals surface area contributed by atoms with Crippen molar-refractivity contribution in [1.29, 1.82) is 0 Å². The van der Waals surface area contributed by atoms with Crippen LogP contribution in [0.1, 0.15) is 64.7 Å². The zero-order chi connectivity index (χ0) is 12.7. The van der Waals surface area contributed by atoms with Gasteiger partial charge in [-0.15, -0.1) is 0 Å². The van der Waals surface area contributed by atoms with E-state index in [9.17, 15) is 0 Å². The van der Waals surface area contributed by atoms with Crippen LogP contribution >= 0.6 is 0 Å². The van der Waals surface area contributed by atoms with Crippen LogP contribution in [-0.2, 0) is 9.47 Å². The van der Waals surface area contributed by atoms with Crippen molar-refractivity contribution in [2.45, 2.75) is 70.3 Å². The predicted octanol–water partition coefficient (Wildman–Crippen LogP) is 3.53. The lowest BCUT2D eigenvalue weighted by molar-refractivity contribution is 0.0695. The minimum absolute atomic E-state index is 0.238. The molecule has 0 amide bonds. The second-order valence-electron chi connectivity index (χ2n) is 5.94. The molecule has 0 unspecified atom stereocenters. The molecule has 0 aliphatic carbocycles. The Bertz CT molecular complexity index is 223. The first-order valence-corrected chi connectivity index (χ1v) is 7.78. The first kappa shape index (κ1) is 14.3. The molecule has 2 saturated heterocycles. The van der Waals surface area contributed by atoms with Crippen LogP contribution < -0.4 is 0 Å². The summed E-state index contributed by atoms with van der Waals surface area (Å²) in [5.74, 6) is 0. The van der Waals surface area contributed by atoms with Gasteiger partial charge in [-0.1, -0.05) is 58.3 Å². The molecule has 2 heterocycles. The Hall–Kier alpha value is -0.120. The smallest absolute Gasteiger partial charge is 0.101 e. The molecule has 0 aromatic heterocycles. The van der Waals surface area contributed by atoms with E-state index >= 15 is 0 Å². The fourth-order valence-electron chi connectivity index (χ4n) is 3.12. The Balaban J connectivity index is 1.50. The van der Waals surface area contributed by atoms with Gasteiger partial charge in [-0.2, -0.15) is 0 Å². The van der Waals surface area contributed by atoms with Crippen LogP contribution in [-0.4, -0.2) is 37.1 Å². The zero-order valence-corrected chi connectivity index (χ0v) is 12.0. The maximum atomic E-state index is 5.58. The third-order valence-electron chi connectivity index (χ3n) is 4.40. The van der Waals surface area contributed by atoms with Crippen molar-refractivity contribution in [2.24, 2.45) is 0 Å². The van der Waals surface area contributed by atoms with Crippen molar-refractivity contribution >= 4 is 0 Å². The fourth-order valence-corrected chi connectivity index (χ4v) is 3.12. The molecule has 2 fully saturated rings. The number of rotatable bonds is 9. The quantitative estimate of drug-likeness (QED) is 0.588. The Morgan fingerprint density at radius 1 is 0.833 bits per heavy atom. The van der Waals surface area contributed by atoms with Crippen molar-refractivity contribution in [3.63, 3.8) is 0 Å². The number of fused-ring (bicyclic) bond motifs is 1. The molecule has 0 saturated carbocycles. The zero-order valence-electron chi connectivity index (χ0n) is 12.0. The molecule has 0 radical (unpaired) electrons. The van der Waals surface area contributed by atoms with E-state index in [0.29, 0.717) is 0 Å². The molecular weight excluding hydrogens is 226 g/mol. The lowest BCUT2D eigenvalue weighted by atomic mass is 9.93. The number of hydrogen-bond donors (Lipinski definition) is 0. The SMILES string of the molecule is CCCCCCCCCCC12COCN1COC2. The molecule has 18 heavy (non-hydrogen) atoms. The topological polar surface area (TPSA) is 21.7 Å². The maximum Gasteiger partial charge on any atom is 0.101 e. The van der Waals surface area contributed by atoms with E-state index in [-0.39, 0.29) is 5.54 Å². The maximum absolute atomic E-state index is 5.58. The first-order valence-electron chi connectivity index (χ1n) is 7.78. The summed E-state index contributed by atoms with van der Waals surface area (Å²) in [6, 6.07) is 0. The van der Waals surface area contributed by atoms with Gasteiger partial charge in [0.1, 0.15) is 13.5 Å². The fraction of sp³-hybridized carbons (Fsp3) is 1.00. The Morgan fingerprint density at radius 2 is 1.39 bits per heavy atom. The lowest BCUT2D eigenvalue weighted by Crippen LogP contribution is -2.42. The number of ether oxygens (including phenoxy) is 2. The van der Waals surface area contributed by atoms with Crippen molar-refractivity contribution in [2.75, 3.05) is 26.7 Å². The van der Waals surface area contributed by atoms with Gasteiger partial charge in [0.2, 0.25) is 0 Å². The number of unbranched alkanes of at least 4 members (excludes halogenated alkanes) is 7. The summed E-state index contributed by atoms with van der Waals surface area (Å²) in [4.78, 5) is 2.37. The van der Waals surface area contributed by atoms with Crippen LogP contribution in [0.15, 0.2) is 0 Å². The van der Waals surface area contributed by atoms with Crippen molar-refractivity contribution < 1.29 is 9.47 Å². The number of hydrogen-bond acceptors (Lipinski definition) is 3. The van der Waals surface area contributed by atoms with Crippen molar-refractivity contribution in [3.8, 4) is 0 Å².